The number of aromatic nitrogens is 3. The summed E-state index contributed by atoms with van der Waals surface area (Å²) in [6.07, 6.45) is 3.14. The average molecular weight is 418 g/mol. The van der Waals surface area contributed by atoms with Gasteiger partial charge in [-0.3, -0.25) is 9.69 Å². The molecule has 1 atom stereocenters. The molecule has 0 bridgehead atoms. The standard InChI is InChI=1S/C20H21Cl2N5O/c1-13-4-9-17(21)20(19(13)22)25-18(28)10-26(3)14(2)15-5-7-16(8-6-15)27-12-23-11-24-27/h4-9,11-12,14H,10H2,1-3H3,(H,25,28)/t14-/m1/s1. The minimum atomic E-state index is -0.178. The predicted molar refractivity (Wildman–Crippen MR) is 112 cm³/mol. The zero-order chi connectivity index (χ0) is 20.3. The third-order valence-corrected chi connectivity index (χ3v) is 5.46. The van der Waals surface area contributed by atoms with E-state index in [1.54, 1.807) is 17.1 Å². The number of amides is 1. The van der Waals surface area contributed by atoms with Crippen LogP contribution in [0.3, 0.4) is 0 Å². The molecular formula is C20H21Cl2N5O. The molecule has 1 amide bonds. The van der Waals surface area contributed by atoms with Gasteiger partial charge in [-0.25, -0.2) is 9.67 Å². The van der Waals surface area contributed by atoms with E-state index in [1.165, 1.54) is 6.33 Å². The number of halogens is 2. The molecule has 6 nitrogen and oxygen atoms in total. The number of benzene rings is 2. The fourth-order valence-electron chi connectivity index (χ4n) is 2.82. The topological polar surface area (TPSA) is 63.1 Å². The number of anilines is 1. The minimum Gasteiger partial charge on any atom is -0.322 e. The summed E-state index contributed by atoms with van der Waals surface area (Å²) in [4.78, 5) is 18.4. The Labute approximate surface area is 174 Å². The molecule has 0 radical (unpaired) electrons. The first-order valence-corrected chi connectivity index (χ1v) is 9.52. The van der Waals surface area contributed by atoms with E-state index in [0.29, 0.717) is 15.7 Å². The molecule has 2 aromatic carbocycles. The summed E-state index contributed by atoms with van der Waals surface area (Å²) in [5, 5.41) is 7.82. The van der Waals surface area contributed by atoms with Gasteiger partial charge in [-0.05, 0) is 50.2 Å². The maximum atomic E-state index is 12.5. The minimum absolute atomic E-state index is 0.0407. The monoisotopic (exact) mass is 417 g/mol. The summed E-state index contributed by atoms with van der Waals surface area (Å²) in [5.41, 5.74) is 3.32. The lowest BCUT2D eigenvalue weighted by Gasteiger charge is -2.25. The van der Waals surface area contributed by atoms with Gasteiger partial charge >= 0.3 is 0 Å². The molecule has 0 fully saturated rings. The summed E-state index contributed by atoms with van der Waals surface area (Å²) < 4.78 is 1.70. The van der Waals surface area contributed by atoms with Crippen molar-refractivity contribution >= 4 is 34.8 Å². The smallest absolute Gasteiger partial charge is 0.238 e. The van der Waals surface area contributed by atoms with Crippen LogP contribution < -0.4 is 5.32 Å². The van der Waals surface area contributed by atoms with E-state index >= 15 is 0 Å². The van der Waals surface area contributed by atoms with E-state index in [4.69, 9.17) is 23.2 Å². The Hall–Kier alpha value is -2.41. The number of likely N-dealkylation sites (N-methyl/N-ethyl adjacent to an activating group) is 1. The van der Waals surface area contributed by atoms with Crippen molar-refractivity contribution in [2.45, 2.75) is 19.9 Å². The number of aryl methyl sites for hydroxylation is 1. The quantitative estimate of drug-likeness (QED) is 0.640. The van der Waals surface area contributed by atoms with Gasteiger partial charge < -0.3 is 5.32 Å². The third-order valence-electron chi connectivity index (χ3n) is 4.66. The Morgan fingerprint density at radius 3 is 2.57 bits per heavy atom. The predicted octanol–water partition coefficient (Wildman–Crippen LogP) is 4.51. The Kier molecular flexibility index (Phi) is 6.34. The van der Waals surface area contributed by atoms with Crippen LogP contribution in [-0.2, 0) is 4.79 Å². The molecular weight excluding hydrogens is 397 g/mol. The first kappa shape index (κ1) is 20.3. The average Bonchev–Trinajstić information content (AvgIpc) is 3.22. The number of nitrogens with zero attached hydrogens (tertiary/aromatic N) is 4. The molecule has 28 heavy (non-hydrogen) atoms. The van der Waals surface area contributed by atoms with Crippen molar-refractivity contribution in [2.75, 3.05) is 18.9 Å². The van der Waals surface area contributed by atoms with Gasteiger partial charge in [0.25, 0.3) is 0 Å². The van der Waals surface area contributed by atoms with Crippen LogP contribution in [0.1, 0.15) is 24.1 Å². The van der Waals surface area contributed by atoms with Crippen molar-refractivity contribution in [3.05, 3.63) is 70.2 Å². The zero-order valence-electron chi connectivity index (χ0n) is 15.9. The van der Waals surface area contributed by atoms with Crippen molar-refractivity contribution < 1.29 is 4.79 Å². The fourth-order valence-corrected chi connectivity index (χ4v) is 3.28. The fraction of sp³-hybridized carbons (Fsp3) is 0.250. The largest absolute Gasteiger partial charge is 0.322 e. The van der Waals surface area contributed by atoms with Crippen molar-refractivity contribution in [3.8, 4) is 5.69 Å². The maximum Gasteiger partial charge on any atom is 0.238 e. The highest BCUT2D eigenvalue weighted by Crippen LogP contribution is 2.33. The van der Waals surface area contributed by atoms with E-state index < -0.39 is 0 Å². The number of nitrogens with one attached hydrogen (secondary N) is 1. The highest BCUT2D eigenvalue weighted by molar-refractivity contribution is 6.40. The van der Waals surface area contributed by atoms with Crippen LogP contribution in [0.15, 0.2) is 49.1 Å². The van der Waals surface area contributed by atoms with Gasteiger partial charge in [-0.1, -0.05) is 41.4 Å². The molecule has 3 aromatic rings. The molecule has 0 aliphatic rings. The second-order valence-electron chi connectivity index (χ2n) is 6.62. The molecule has 0 aliphatic carbocycles. The van der Waals surface area contributed by atoms with Crippen molar-refractivity contribution in [1.29, 1.82) is 0 Å². The van der Waals surface area contributed by atoms with E-state index in [-0.39, 0.29) is 18.5 Å². The van der Waals surface area contributed by atoms with E-state index in [1.807, 2.05) is 56.1 Å². The molecule has 8 heteroatoms. The van der Waals surface area contributed by atoms with Crippen LogP contribution >= 0.6 is 23.2 Å². The highest BCUT2D eigenvalue weighted by Gasteiger charge is 2.17. The van der Waals surface area contributed by atoms with E-state index in [2.05, 4.69) is 15.4 Å². The van der Waals surface area contributed by atoms with Crippen LogP contribution in [0, 0.1) is 6.92 Å². The van der Waals surface area contributed by atoms with Gasteiger partial charge in [-0.2, -0.15) is 5.10 Å². The molecule has 0 saturated carbocycles. The normalized spacial score (nSPS) is 12.2. The van der Waals surface area contributed by atoms with Crippen molar-refractivity contribution in [2.24, 2.45) is 0 Å². The summed E-state index contributed by atoms with van der Waals surface area (Å²) in [7, 11) is 1.90. The summed E-state index contributed by atoms with van der Waals surface area (Å²) in [5.74, 6) is -0.178. The second kappa shape index (κ2) is 8.73. The van der Waals surface area contributed by atoms with Crippen molar-refractivity contribution in [3.63, 3.8) is 0 Å². The molecule has 1 aromatic heterocycles. The molecule has 0 spiro atoms. The van der Waals surface area contributed by atoms with Crippen LogP contribution in [0.5, 0.6) is 0 Å². The Bertz CT molecular complexity index is 957. The van der Waals surface area contributed by atoms with Gasteiger partial charge in [-0.15, -0.1) is 0 Å². The van der Waals surface area contributed by atoms with Gasteiger partial charge in [0.1, 0.15) is 12.7 Å². The molecule has 3 rings (SSSR count). The Morgan fingerprint density at radius 1 is 1.21 bits per heavy atom. The second-order valence-corrected chi connectivity index (χ2v) is 7.41. The molecule has 1 N–H and O–H groups in total. The summed E-state index contributed by atoms with van der Waals surface area (Å²) in [6, 6.07) is 11.6. The van der Waals surface area contributed by atoms with Gasteiger partial charge in [0.05, 0.1) is 28.0 Å². The number of carbonyl (C=O) groups excluding carboxylic acids is 1. The first-order chi connectivity index (χ1) is 13.4. The number of rotatable bonds is 6. The molecule has 0 saturated heterocycles. The van der Waals surface area contributed by atoms with Gasteiger partial charge in [0, 0.05) is 6.04 Å². The van der Waals surface area contributed by atoms with Gasteiger partial charge in [0.2, 0.25) is 5.91 Å². The van der Waals surface area contributed by atoms with Crippen LogP contribution in [0.4, 0.5) is 5.69 Å². The van der Waals surface area contributed by atoms with E-state index in [9.17, 15) is 4.79 Å². The SMILES string of the molecule is Cc1ccc(Cl)c(NC(=O)CN(C)[C@H](C)c2ccc(-n3cncn3)cc2)c1Cl. The summed E-state index contributed by atoms with van der Waals surface area (Å²) >= 11 is 12.4. The van der Waals surface area contributed by atoms with E-state index in [0.717, 1.165) is 16.8 Å². The van der Waals surface area contributed by atoms with Crippen LogP contribution in [0.2, 0.25) is 10.0 Å². The Morgan fingerprint density at radius 2 is 1.93 bits per heavy atom. The highest BCUT2D eigenvalue weighted by atomic mass is 35.5. The maximum absolute atomic E-state index is 12.5. The van der Waals surface area contributed by atoms with Crippen LogP contribution in [-0.4, -0.2) is 39.2 Å². The van der Waals surface area contributed by atoms with Crippen molar-refractivity contribution in [1.82, 2.24) is 19.7 Å². The lowest BCUT2D eigenvalue weighted by molar-refractivity contribution is -0.117. The zero-order valence-corrected chi connectivity index (χ0v) is 17.4. The number of carbonyl (C=O) groups is 1. The lowest BCUT2D eigenvalue weighted by Crippen LogP contribution is -2.32. The lowest BCUT2D eigenvalue weighted by atomic mass is 10.1. The summed E-state index contributed by atoms with van der Waals surface area (Å²) in [6.45, 7) is 4.11. The number of hydrogen-bond acceptors (Lipinski definition) is 4. The van der Waals surface area contributed by atoms with Crippen LogP contribution in [0.25, 0.3) is 5.69 Å². The Balaban J connectivity index is 1.65. The molecule has 146 valence electrons. The third kappa shape index (κ3) is 4.52. The van der Waals surface area contributed by atoms with Gasteiger partial charge in [0.15, 0.2) is 0 Å². The molecule has 0 aliphatic heterocycles. The molecule has 0 unspecified atom stereocenters. The molecule has 1 heterocycles. The first-order valence-electron chi connectivity index (χ1n) is 8.76. The number of hydrogen-bond donors (Lipinski definition) is 1.